The van der Waals surface area contributed by atoms with Crippen LogP contribution < -0.4 is 15.2 Å². The van der Waals surface area contributed by atoms with E-state index in [1.165, 1.54) is 6.07 Å². The predicted molar refractivity (Wildman–Crippen MR) is 85.9 cm³/mol. The van der Waals surface area contributed by atoms with Crippen molar-refractivity contribution in [3.8, 4) is 5.75 Å². The Labute approximate surface area is 145 Å². The summed E-state index contributed by atoms with van der Waals surface area (Å²) in [6.07, 6.45) is 2.85. The van der Waals surface area contributed by atoms with Gasteiger partial charge in [-0.1, -0.05) is 11.6 Å². The van der Waals surface area contributed by atoms with Crippen molar-refractivity contribution in [2.75, 3.05) is 0 Å². The van der Waals surface area contributed by atoms with Crippen LogP contribution >= 0.6 is 24.0 Å². The van der Waals surface area contributed by atoms with Crippen molar-refractivity contribution in [1.29, 1.82) is 0 Å². The number of nitrogens with one attached hydrogen (secondary N) is 1. The van der Waals surface area contributed by atoms with E-state index in [-0.39, 0.29) is 40.2 Å². The maximum absolute atomic E-state index is 12.3. The van der Waals surface area contributed by atoms with Crippen molar-refractivity contribution < 1.29 is 21.9 Å². The Kier molecular flexibility index (Phi) is 7.47. The molecule has 1 saturated carbocycles. The highest BCUT2D eigenvalue weighted by molar-refractivity contribution is 7.89. The van der Waals surface area contributed by atoms with Crippen molar-refractivity contribution in [2.45, 2.75) is 49.3 Å². The molecule has 0 spiro atoms. The molecule has 0 aromatic heterocycles. The topological polar surface area (TPSA) is 81.4 Å². The Morgan fingerprint density at radius 3 is 2.39 bits per heavy atom. The minimum absolute atomic E-state index is 0. The predicted octanol–water partition coefficient (Wildman–Crippen LogP) is 2.91. The third kappa shape index (κ3) is 5.72. The number of alkyl halides is 2. The second kappa shape index (κ2) is 8.43. The summed E-state index contributed by atoms with van der Waals surface area (Å²) in [5.74, 6) is -0.265. The van der Waals surface area contributed by atoms with Crippen LogP contribution in [-0.4, -0.2) is 27.1 Å². The fraction of sp³-hybridized carbons (Fsp3) is 0.538. The molecule has 10 heteroatoms. The first-order valence-corrected chi connectivity index (χ1v) is 8.66. The zero-order valence-corrected chi connectivity index (χ0v) is 14.4. The lowest BCUT2D eigenvalue weighted by atomic mass is 9.93. The molecule has 0 saturated heterocycles. The van der Waals surface area contributed by atoms with E-state index in [2.05, 4.69) is 9.46 Å². The van der Waals surface area contributed by atoms with Gasteiger partial charge in [-0.3, -0.25) is 0 Å². The maximum Gasteiger partial charge on any atom is 0.387 e. The van der Waals surface area contributed by atoms with Crippen LogP contribution in [0.15, 0.2) is 23.1 Å². The van der Waals surface area contributed by atoms with Crippen molar-refractivity contribution in [3.63, 3.8) is 0 Å². The largest absolute Gasteiger partial charge is 0.433 e. The highest BCUT2D eigenvalue weighted by atomic mass is 35.5. The summed E-state index contributed by atoms with van der Waals surface area (Å²) >= 11 is 5.77. The van der Waals surface area contributed by atoms with Gasteiger partial charge in [0, 0.05) is 12.1 Å². The minimum Gasteiger partial charge on any atom is -0.433 e. The average molecular weight is 391 g/mol. The summed E-state index contributed by atoms with van der Waals surface area (Å²) in [5, 5.41) is -0.186. The molecule has 0 bridgehead atoms. The van der Waals surface area contributed by atoms with Crippen LogP contribution in [0.4, 0.5) is 8.78 Å². The van der Waals surface area contributed by atoms with E-state index >= 15 is 0 Å². The lowest BCUT2D eigenvalue weighted by molar-refractivity contribution is -0.0498. The molecule has 1 aromatic rings. The summed E-state index contributed by atoms with van der Waals surface area (Å²) < 4.78 is 55.6. The molecule has 0 radical (unpaired) electrons. The van der Waals surface area contributed by atoms with Crippen LogP contribution in [0, 0.1) is 0 Å². The monoisotopic (exact) mass is 390 g/mol. The highest BCUT2D eigenvalue weighted by Gasteiger charge is 2.25. The van der Waals surface area contributed by atoms with Gasteiger partial charge in [0.1, 0.15) is 5.75 Å². The van der Waals surface area contributed by atoms with Gasteiger partial charge < -0.3 is 10.5 Å². The van der Waals surface area contributed by atoms with Crippen molar-refractivity contribution in [3.05, 3.63) is 23.2 Å². The number of halogens is 4. The molecule has 0 atom stereocenters. The lowest BCUT2D eigenvalue weighted by Crippen LogP contribution is -2.40. The number of hydrogen-bond acceptors (Lipinski definition) is 4. The van der Waals surface area contributed by atoms with Gasteiger partial charge >= 0.3 is 6.61 Å². The van der Waals surface area contributed by atoms with Gasteiger partial charge in [-0.2, -0.15) is 8.78 Å². The number of benzene rings is 1. The molecule has 1 fully saturated rings. The molecular weight excluding hydrogens is 373 g/mol. The lowest BCUT2D eigenvalue weighted by Gasteiger charge is -2.26. The third-order valence-corrected chi connectivity index (χ3v) is 5.34. The van der Waals surface area contributed by atoms with Crippen LogP contribution in [0.3, 0.4) is 0 Å². The zero-order chi connectivity index (χ0) is 16.3. The van der Waals surface area contributed by atoms with E-state index < -0.39 is 16.6 Å². The SMILES string of the molecule is Cl.NC1CCC(NS(=O)(=O)c2ccc(OC(F)F)c(Cl)c2)CC1. The minimum atomic E-state index is -3.76. The number of nitrogens with two attached hydrogens (primary N) is 1. The molecule has 23 heavy (non-hydrogen) atoms. The van der Waals surface area contributed by atoms with Crippen molar-refractivity contribution in [2.24, 2.45) is 5.73 Å². The fourth-order valence-corrected chi connectivity index (χ4v) is 3.99. The van der Waals surface area contributed by atoms with E-state index in [4.69, 9.17) is 17.3 Å². The first-order chi connectivity index (χ1) is 10.3. The molecular formula is C13H18Cl2F2N2O3S. The van der Waals surface area contributed by atoms with Gasteiger partial charge in [0.05, 0.1) is 9.92 Å². The molecule has 132 valence electrons. The summed E-state index contributed by atoms with van der Waals surface area (Å²) in [6, 6.07) is 3.32. The Hall–Kier alpha value is -0.670. The molecule has 0 heterocycles. The molecule has 1 aliphatic rings. The van der Waals surface area contributed by atoms with Crippen molar-refractivity contribution in [1.82, 2.24) is 4.72 Å². The number of rotatable bonds is 5. The smallest absolute Gasteiger partial charge is 0.387 e. The molecule has 0 amide bonds. The van der Waals surface area contributed by atoms with Gasteiger partial charge in [0.15, 0.2) is 0 Å². The van der Waals surface area contributed by atoms with E-state index in [9.17, 15) is 17.2 Å². The summed E-state index contributed by atoms with van der Waals surface area (Å²) in [7, 11) is -3.76. The zero-order valence-electron chi connectivity index (χ0n) is 12.0. The summed E-state index contributed by atoms with van der Waals surface area (Å²) in [6.45, 7) is -3.02. The van der Waals surface area contributed by atoms with Gasteiger partial charge in [-0.25, -0.2) is 13.1 Å². The molecule has 0 aliphatic heterocycles. The van der Waals surface area contributed by atoms with Crippen LogP contribution in [0.25, 0.3) is 0 Å². The van der Waals surface area contributed by atoms with E-state index in [1.54, 1.807) is 0 Å². The Morgan fingerprint density at radius 2 is 1.87 bits per heavy atom. The number of hydrogen-bond donors (Lipinski definition) is 2. The Balaban J connectivity index is 0.00000264. The Bertz CT molecular complexity index is 624. The molecule has 5 nitrogen and oxygen atoms in total. The fourth-order valence-electron chi connectivity index (χ4n) is 2.36. The second-order valence-electron chi connectivity index (χ2n) is 5.20. The first-order valence-electron chi connectivity index (χ1n) is 6.80. The average Bonchev–Trinajstić information content (AvgIpc) is 2.43. The van der Waals surface area contributed by atoms with E-state index in [1.807, 2.05) is 0 Å². The van der Waals surface area contributed by atoms with Crippen LogP contribution in [0.5, 0.6) is 5.75 Å². The maximum atomic E-state index is 12.3. The molecule has 3 N–H and O–H groups in total. The molecule has 1 aliphatic carbocycles. The van der Waals surface area contributed by atoms with Crippen molar-refractivity contribution >= 4 is 34.0 Å². The van der Waals surface area contributed by atoms with Gasteiger partial charge in [-0.05, 0) is 43.9 Å². The van der Waals surface area contributed by atoms with Gasteiger partial charge in [0.25, 0.3) is 0 Å². The molecule has 2 rings (SSSR count). The quantitative estimate of drug-likeness (QED) is 0.809. The standard InChI is InChI=1S/C13H17ClF2N2O3S.ClH/c14-11-7-10(5-6-12(11)21-13(15)16)22(19,20)18-9-3-1-8(17)2-4-9;/h5-9,13,18H,1-4,17H2;1H. The van der Waals surface area contributed by atoms with Crippen LogP contribution in [-0.2, 0) is 10.0 Å². The van der Waals surface area contributed by atoms with Crippen LogP contribution in [0.1, 0.15) is 25.7 Å². The van der Waals surface area contributed by atoms with E-state index in [0.29, 0.717) is 12.8 Å². The number of sulfonamides is 1. The highest BCUT2D eigenvalue weighted by Crippen LogP contribution is 2.29. The van der Waals surface area contributed by atoms with Gasteiger partial charge in [-0.15, -0.1) is 12.4 Å². The second-order valence-corrected chi connectivity index (χ2v) is 7.32. The normalized spacial score (nSPS) is 21.8. The van der Waals surface area contributed by atoms with Crippen LogP contribution in [0.2, 0.25) is 5.02 Å². The first kappa shape index (κ1) is 20.4. The molecule has 0 unspecified atom stereocenters. The molecule has 1 aromatic carbocycles. The summed E-state index contributed by atoms with van der Waals surface area (Å²) in [4.78, 5) is -0.0889. The summed E-state index contributed by atoms with van der Waals surface area (Å²) in [5.41, 5.74) is 5.78. The third-order valence-electron chi connectivity index (χ3n) is 3.52. The van der Waals surface area contributed by atoms with E-state index in [0.717, 1.165) is 25.0 Å². The van der Waals surface area contributed by atoms with Gasteiger partial charge in [0.2, 0.25) is 10.0 Å². The Morgan fingerprint density at radius 1 is 1.26 bits per heavy atom. The number of ether oxygens (including phenoxy) is 1.